The fourth-order valence-electron chi connectivity index (χ4n) is 2.76. The Kier molecular flexibility index (Phi) is 6.34. The molecule has 0 saturated carbocycles. The van der Waals surface area contributed by atoms with Crippen molar-refractivity contribution in [3.05, 3.63) is 71.5 Å². The molecular formula is C22H25N5O. The number of hydrazone groups is 1. The van der Waals surface area contributed by atoms with Crippen LogP contribution in [0.25, 0.3) is 11.1 Å². The summed E-state index contributed by atoms with van der Waals surface area (Å²) in [6.45, 7) is 4.74. The van der Waals surface area contributed by atoms with Gasteiger partial charge in [0.2, 0.25) is 0 Å². The predicted molar refractivity (Wildman–Crippen MR) is 115 cm³/mol. The van der Waals surface area contributed by atoms with Gasteiger partial charge in [-0.15, -0.1) is 0 Å². The van der Waals surface area contributed by atoms with Gasteiger partial charge in [0.15, 0.2) is 0 Å². The number of pyridine rings is 2. The third kappa shape index (κ3) is 4.92. The van der Waals surface area contributed by atoms with Gasteiger partial charge in [-0.1, -0.05) is 18.2 Å². The second kappa shape index (κ2) is 9.10. The van der Waals surface area contributed by atoms with E-state index in [1.807, 2.05) is 42.3 Å². The molecule has 0 aliphatic rings. The van der Waals surface area contributed by atoms with Gasteiger partial charge in [0.25, 0.3) is 0 Å². The van der Waals surface area contributed by atoms with Crippen molar-refractivity contribution in [1.29, 1.82) is 0 Å². The predicted octanol–water partition coefficient (Wildman–Crippen LogP) is 3.63. The van der Waals surface area contributed by atoms with Crippen molar-refractivity contribution >= 4 is 17.9 Å². The summed E-state index contributed by atoms with van der Waals surface area (Å²) < 4.78 is 0. The van der Waals surface area contributed by atoms with E-state index >= 15 is 0 Å². The van der Waals surface area contributed by atoms with Crippen molar-refractivity contribution < 1.29 is 5.11 Å². The first-order valence-corrected chi connectivity index (χ1v) is 9.17. The Bertz CT molecular complexity index is 956. The number of likely N-dealkylation sites (N-methyl/N-ethyl adjacent to an activating group) is 1. The molecule has 6 nitrogen and oxygen atoms in total. The molecule has 144 valence electrons. The van der Waals surface area contributed by atoms with E-state index in [-0.39, 0.29) is 6.61 Å². The molecule has 0 fully saturated rings. The summed E-state index contributed by atoms with van der Waals surface area (Å²) in [5.41, 5.74) is 8.58. The smallest absolute Gasteiger partial charge is 0.149 e. The zero-order chi connectivity index (χ0) is 19.9. The zero-order valence-corrected chi connectivity index (χ0v) is 16.4. The minimum Gasteiger partial charge on any atom is -0.395 e. The average molecular weight is 375 g/mol. The minimum absolute atomic E-state index is 0.0609. The lowest BCUT2D eigenvalue weighted by Gasteiger charge is -2.18. The summed E-state index contributed by atoms with van der Waals surface area (Å²) in [6.07, 6.45) is 5.31. The Morgan fingerprint density at radius 2 is 1.82 bits per heavy atom. The average Bonchev–Trinajstić information content (AvgIpc) is 2.71. The molecule has 0 spiro atoms. The first-order chi connectivity index (χ1) is 13.6. The highest BCUT2D eigenvalue weighted by Crippen LogP contribution is 2.26. The van der Waals surface area contributed by atoms with Gasteiger partial charge in [-0.3, -0.25) is 10.4 Å². The van der Waals surface area contributed by atoms with Crippen LogP contribution in [0.3, 0.4) is 0 Å². The number of aliphatic hydroxyl groups is 1. The van der Waals surface area contributed by atoms with Crippen LogP contribution in [0.2, 0.25) is 0 Å². The molecule has 1 aromatic carbocycles. The molecule has 0 unspecified atom stereocenters. The monoisotopic (exact) mass is 375 g/mol. The summed E-state index contributed by atoms with van der Waals surface area (Å²) >= 11 is 0. The van der Waals surface area contributed by atoms with Crippen molar-refractivity contribution in [3.63, 3.8) is 0 Å². The van der Waals surface area contributed by atoms with Crippen molar-refractivity contribution in [2.75, 3.05) is 30.5 Å². The molecule has 28 heavy (non-hydrogen) atoms. The molecule has 6 heteroatoms. The SMILES string of the molecule is Cc1ccc(/C=N/Nc2cc(-c3ccncc3)cc(N(C)CCO)n2)cc1C. The zero-order valence-electron chi connectivity index (χ0n) is 16.4. The van der Waals surface area contributed by atoms with Gasteiger partial charge in [0.05, 0.1) is 12.8 Å². The number of aryl methyl sites for hydroxylation is 2. The molecule has 2 aromatic heterocycles. The largest absolute Gasteiger partial charge is 0.395 e. The van der Waals surface area contributed by atoms with E-state index < -0.39 is 0 Å². The second-order valence-corrected chi connectivity index (χ2v) is 6.69. The molecule has 2 N–H and O–H groups in total. The van der Waals surface area contributed by atoms with E-state index in [0.717, 1.165) is 22.5 Å². The van der Waals surface area contributed by atoms with Crippen molar-refractivity contribution in [2.24, 2.45) is 5.10 Å². The molecule has 0 bridgehead atoms. The highest BCUT2D eigenvalue weighted by Gasteiger charge is 2.08. The van der Waals surface area contributed by atoms with Crippen molar-refractivity contribution in [3.8, 4) is 11.1 Å². The maximum Gasteiger partial charge on any atom is 0.149 e. The number of rotatable bonds is 7. The van der Waals surface area contributed by atoms with Crippen LogP contribution in [0.15, 0.2) is 60.0 Å². The van der Waals surface area contributed by atoms with Gasteiger partial charge in [0.1, 0.15) is 11.6 Å². The van der Waals surface area contributed by atoms with Crippen LogP contribution in [0.4, 0.5) is 11.6 Å². The van der Waals surface area contributed by atoms with E-state index in [2.05, 4.69) is 46.5 Å². The number of benzene rings is 1. The van der Waals surface area contributed by atoms with E-state index in [4.69, 9.17) is 0 Å². The van der Waals surface area contributed by atoms with Gasteiger partial charge in [-0.25, -0.2) is 4.98 Å². The van der Waals surface area contributed by atoms with Gasteiger partial charge >= 0.3 is 0 Å². The molecule has 0 radical (unpaired) electrons. The molecule has 0 aliphatic heterocycles. The van der Waals surface area contributed by atoms with Crippen molar-refractivity contribution in [1.82, 2.24) is 9.97 Å². The van der Waals surface area contributed by atoms with Crippen LogP contribution < -0.4 is 10.3 Å². The molecule has 3 rings (SSSR count). The van der Waals surface area contributed by atoms with Gasteiger partial charge in [-0.2, -0.15) is 5.10 Å². The number of aromatic nitrogens is 2. The Morgan fingerprint density at radius 3 is 2.54 bits per heavy atom. The standard InChI is InChI=1S/C22H25N5O/c1-16-4-5-18(12-17(16)2)15-24-26-21-13-20(19-6-8-23-9-7-19)14-22(25-21)27(3)10-11-28/h4-9,12-15,28H,10-11H2,1-3H3,(H,25,26)/b24-15+. The lowest BCUT2D eigenvalue weighted by Crippen LogP contribution is -2.22. The number of anilines is 2. The van der Waals surface area contributed by atoms with Crippen LogP contribution in [-0.4, -0.2) is 41.5 Å². The van der Waals surface area contributed by atoms with Crippen molar-refractivity contribution in [2.45, 2.75) is 13.8 Å². The summed E-state index contributed by atoms with van der Waals surface area (Å²) in [4.78, 5) is 10.6. The van der Waals surface area contributed by atoms with Crippen LogP contribution in [-0.2, 0) is 0 Å². The van der Waals surface area contributed by atoms with Gasteiger partial charge < -0.3 is 10.0 Å². The molecular weight excluding hydrogens is 350 g/mol. The Morgan fingerprint density at radius 1 is 1.04 bits per heavy atom. The molecule has 0 amide bonds. The lowest BCUT2D eigenvalue weighted by atomic mass is 10.1. The number of nitrogens with one attached hydrogen (secondary N) is 1. The third-order valence-electron chi connectivity index (χ3n) is 4.58. The molecule has 2 heterocycles. The Labute approximate surface area is 165 Å². The first-order valence-electron chi connectivity index (χ1n) is 9.17. The molecule has 0 atom stereocenters. The van der Waals surface area contributed by atoms with Gasteiger partial charge in [0, 0.05) is 26.0 Å². The quantitative estimate of drug-likeness (QED) is 0.487. The van der Waals surface area contributed by atoms with Crippen LogP contribution in [0, 0.1) is 13.8 Å². The van der Waals surface area contributed by atoms with E-state index in [0.29, 0.717) is 12.4 Å². The lowest BCUT2D eigenvalue weighted by molar-refractivity contribution is 0.304. The molecule has 3 aromatic rings. The summed E-state index contributed by atoms with van der Waals surface area (Å²) in [5.74, 6) is 1.39. The fraction of sp³-hybridized carbons (Fsp3) is 0.227. The topological polar surface area (TPSA) is 73.6 Å². The van der Waals surface area contributed by atoms with Crippen LogP contribution in [0.5, 0.6) is 0 Å². The Hall–Kier alpha value is -3.25. The van der Waals surface area contributed by atoms with E-state index in [9.17, 15) is 5.11 Å². The number of hydrogen-bond donors (Lipinski definition) is 2. The van der Waals surface area contributed by atoms with Gasteiger partial charge in [-0.05, 0) is 65.9 Å². The summed E-state index contributed by atoms with van der Waals surface area (Å²) in [5, 5.41) is 13.6. The summed E-state index contributed by atoms with van der Waals surface area (Å²) in [6, 6.07) is 14.1. The van der Waals surface area contributed by atoms with Crippen LogP contribution >= 0.6 is 0 Å². The summed E-state index contributed by atoms with van der Waals surface area (Å²) in [7, 11) is 1.90. The number of hydrogen-bond acceptors (Lipinski definition) is 6. The van der Waals surface area contributed by atoms with Crippen LogP contribution in [0.1, 0.15) is 16.7 Å². The highest BCUT2D eigenvalue weighted by molar-refractivity contribution is 5.81. The van der Waals surface area contributed by atoms with E-state index in [1.165, 1.54) is 11.1 Å². The normalized spacial score (nSPS) is 11.0. The second-order valence-electron chi connectivity index (χ2n) is 6.69. The fourth-order valence-corrected chi connectivity index (χ4v) is 2.76. The minimum atomic E-state index is 0.0609. The molecule has 0 saturated heterocycles. The molecule has 0 aliphatic carbocycles. The number of aliphatic hydroxyl groups excluding tert-OH is 1. The number of nitrogens with zero attached hydrogens (tertiary/aromatic N) is 4. The van der Waals surface area contributed by atoms with E-state index in [1.54, 1.807) is 18.6 Å². The maximum absolute atomic E-state index is 9.25. The maximum atomic E-state index is 9.25. The first kappa shape index (κ1) is 19.5. The Balaban J connectivity index is 1.87. The third-order valence-corrected chi connectivity index (χ3v) is 4.58. The highest BCUT2D eigenvalue weighted by atomic mass is 16.3.